The number of methoxy groups -OCH3 is 2. The lowest BCUT2D eigenvalue weighted by Gasteiger charge is -2.12. The molecule has 0 radical (unpaired) electrons. The number of oxazole rings is 1. The number of carbonyl (C=O) groups excluding carboxylic acids is 2. The minimum absolute atomic E-state index is 0.0538. The van der Waals surface area contributed by atoms with Gasteiger partial charge in [0.2, 0.25) is 11.8 Å². The summed E-state index contributed by atoms with van der Waals surface area (Å²) in [4.78, 5) is 30.7. The minimum atomic E-state index is -0.0985. The summed E-state index contributed by atoms with van der Waals surface area (Å²) in [6.07, 6.45) is 6.98. The van der Waals surface area contributed by atoms with Gasteiger partial charge in [-0.3, -0.25) is 4.79 Å². The second-order valence-electron chi connectivity index (χ2n) is 9.69. The maximum absolute atomic E-state index is 12.2. The van der Waals surface area contributed by atoms with E-state index in [9.17, 15) is 9.59 Å². The summed E-state index contributed by atoms with van der Waals surface area (Å²) < 4.78 is 16.5. The van der Waals surface area contributed by atoms with Crippen molar-refractivity contribution in [3.63, 3.8) is 0 Å². The number of thioether (sulfide) groups is 1. The fourth-order valence-electron chi connectivity index (χ4n) is 2.86. The molecule has 0 spiro atoms. The van der Waals surface area contributed by atoms with Gasteiger partial charge < -0.3 is 24.0 Å². The molecular weight excluding hydrogens is 558 g/mol. The first kappa shape index (κ1) is 38.3. The number of rotatable bonds is 11. The van der Waals surface area contributed by atoms with Crippen LogP contribution < -0.4 is 10.1 Å². The monoisotopic (exact) mass is 607 g/mol. The molecule has 2 heterocycles. The third-order valence-electron chi connectivity index (χ3n) is 5.15. The molecular formula is C31H49N3O5S2. The van der Waals surface area contributed by atoms with Crippen molar-refractivity contribution in [1.29, 1.82) is 0 Å². The molecule has 3 rings (SSSR count). The number of carbonyl (C=O) groups is 2. The van der Waals surface area contributed by atoms with Gasteiger partial charge in [0.1, 0.15) is 17.8 Å². The van der Waals surface area contributed by atoms with Crippen molar-refractivity contribution in [3.05, 3.63) is 53.9 Å². The zero-order valence-electron chi connectivity index (χ0n) is 26.4. The van der Waals surface area contributed by atoms with Crippen LogP contribution in [0.4, 0.5) is 5.13 Å². The van der Waals surface area contributed by atoms with E-state index in [1.165, 1.54) is 11.3 Å². The Labute approximate surface area is 255 Å². The highest BCUT2D eigenvalue weighted by Gasteiger charge is 2.19. The van der Waals surface area contributed by atoms with Gasteiger partial charge >= 0.3 is 0 Å². The molecule has 1 aromatic carbocycles. The summed E-state index contributed by atoms with van der Waals surface area (Å²) in [5.41, 5.74) is 0.866. The van der Waals surface area contributed by atoms with Crippen LogP contribution in [0.15, 0.2) is 45.3 Å². The van der Waals surface area contributed by atoms with Gasteiger partial charge in [0.25, 0.3) is 0 Å². The Morgan fingerprint density at radius 2 is 1.76 bits per heavy atom. The first-order valence-corrected chi connectivity index (χ1v) is 15.8. The molecule has 0 saturated heterocycles. The molecule has 1 amide bonds. The van der Waals surface area contributed by atoms with Gasteiger partial charge in [-0.05, 0) is 31.0 Å². The number of nitrogens with one attached hydrogen (secondary N) is 1. The maximum Gasteiger partial charge on any atom is 0.230 e. The summed E-state index contributed by atoms with van der Waals surface area (Å²) in [7, 11) is 3.30. The Bertz CT molecular complexity index is 1090. The molecule has 10 heteroatoms. The highest BCUT2D eigenvalue weighted by atomic mass is 32.2. The third-order valence-corrected chi connectivity index (χ3v) is 7.24. The molecule has 230 valence electrons. The lowest BCUT2D eigenvalue weighted by Crippen LogP contribution is -2.14. The van der Waals surface area contributed by atoms with Crippen molar-refractivity contribution in [2.24, 2.45) is 5.92 Å². The van der Waals surface area contributed by atoms with Crippen LogP contribution in [0.2, 0.25) is 0 Å². The van der Waals surface area contributed by atoms with Crippen LogP contribution in [0, 0.1) is 5.92 Å². The van der Waals surface area contributed by atoms with Gasteiger partial charge in [0.05, 0.1) is 35.9 Å². The molecule has 8 nitrogen and oxygen atoms in total. The van der Waals surface area contributed by atoms with E-state index in [1.807, 2.05) is 52.0 Å². The topological polar surface area (TPSA) is 104 Å². The van der Waals surface area contributed by atoms with Gasteiger partial charge in [-0.2, -0.15) is 0 Å². The summed E-state index contributed by atoms with van der Waals surface area (Å²) in [5, 5.41) is 3.43. The molecule has 0 fully saturated rings. The second kappa shape index (κ2) is 22.0. The van der Waals surface area contributed by atoms with Gasteiger partial charge in [-0.15, -0.1) is 11.8 Å². The zero-order valence-corrected chi connectivity index (χ0v) is 28.0. The number of benzene rings is 1. The molecule has 41 heavy (non-hydrogen) atoms. The number of hydrogen-bond acceptors (Lipinski definition) is 9. The van der Waals surface area contributed by atoms with Crippen molar-refractivity contribution in [3.8, 4) is 5.75 Å². The standard InChI is InChI=1S/C20H23N3O3S2.C6H12O.C3H8O.C2H6/c1-20(2,3)15-10-21-17(26-15)12-27-18-11-22-19(28-18)23-16(24)9-13-5-7-14(25-4)8-6-13;1-3-4-6(2)5-7;1-3-4-2;1-2/h5-8,10-11H,9,12H2,1-4H3,(H,22,23,24);5-6H,3-4H2,1-2H3;3H2,1-2H3;1-2H3. The average molecular weight is 608 g/mol. The Balaban J connectivity index is 0.00000104. The van der Waals surface area contributed by atoms with E-state index in [-0.39, 0.29) is 23.7 Å². The number of anilines is 1. The molecule has 1 unspecified atom stereocenters. The molecule has 0 aliphatic rings. The van der Waals surface area contributed by atoms with Crippen LogP contribution in [-0.2, 0) is 31.9 Å². The van der Waals surface area contributed by atoms with E-state index in [2.05, 4.69) is 47.7 Å². The normalized spacial score (nSPS) is 11.0. The number of aromatic nitrogens is 2. The van der Waals surface area contributed by atoms with Crippen LogP contribution in [0.25, 0.3) is 0 Å². The number of hydrogen-bond donors (Lipinski definition) is 1. The smallest absolute Gasteiger partial charge is 0.230 e. The SMILES string of the molecule is CC.CCCC(C)C=O.CCOC.COc1ccc(CC(=O)Nc2ncc(SCc3ncc(C(C)(C)C)o3)s2)cc1. The zero-order chi connectivity index (χ0) is 31.3. The molecule has 1 N–H and O–H groups in total. The van der Waals surface area contributed by atoms with Crippen LogP contribution >= 0.6 is 23.1 Å². The predicted octanol–water partition coefficient (Wildman–Crippen LogP) is 8.21. The fourth-order valence-corrected chi connectivity index (χ4v) is 4.60. The highest BCUT2D eigenvalue weighted by Crippen LogP contribution is 2.31. The largest absolute Gasteiger partial charge is 0.497 e. The fraction of sp³-hybridized carbons (Fsp3) is 0.548. The summed E-state index contributed by atoms with van der Waals surface area (Å²) in [6, 6.07) is 7.44. The highest BCUT2D eigenvalue weighted by molar-refractivity contribution is 8.00. The van der Waals surface area contributed by atoms with Crippen LogP contribution in [0.1, 0.15) is 85.4 Å². The Kier molecular flexibility index (Phi) is 20.5. The average Bonchev–Trinajstić information content (AvgIpc) is 3.64. The first-order valence-electron chi connectivity index (χ1n) is 14.0. The van der Waals surface area contributed by atoms with Crippen molar-refractivity contribution < 1.29 is 23.5 Å². The lowest BCUT2D eigenvalue weighted by atomic mass is 9.94. The van der Waals surface area contributed by atoms with Crippen LogP contribution in [0.3, 0.4) is 0 Å². The number of aldehydes is 1. The summed E-state index contributed by atoms with van der Waals surface area (Å²) in [5.74, 6) is 3.12. The number of amides is 1. The quantitative estimate of drug-likeness (QED) is 0.172. The molecule has 2 aromatic heterocycles. The Morgan fingerprint density at radius 1 is 1.12 bits per heavy atom. The molecule has 0 aliphatic heterocycles. The maximum atomic E-state index is 12.2. The van der Waals surface area contributed by atoms with Crippen LogP contribution in [-0.4, -0.2) is 43.0 Å². The minimum Gasteiger partial charge on any atom is -0.497 e. The van der Waals surface area contributed by atoms with E-state index in [1.54, 1.807) is 38.4 Å². The molecule has 1 atom stereocenters. The van der Waals surface area contributed by atoms with E-state index in [4.69, 9.17) is 9.15 Å². The van der Waals surface area contributed by atoms with E-state index < -0.39 is 0 Å². The number of thiazole rings is 1. The number of nitrogens with zero attached hydrogens (tertiary/aromatic N) is 2. The van der Waals surface area contributed by atoms with E-state index in [0.717, 1.165) is 47.0 Å². The molecule has 0 saturated carbocycles. The van der Waals surface area contributed by atoms with Gasteiger partial charge in [-0.1, -0.05) is 78.4 Å². The van der Waals surface area contributed by atoms with E-state index in [0.29, 0.717) is 16.8 Å². The van der Waals surface area contributed by atoms with Crippen molar-refractivity contribution in [1.82, 2.24) is 9.97 Å². The second-order valence-corrected chi connectivity index (χ2v) is 12.0. The van der Waals surface area contributed by atoms with Crippen molar-refractivity contribution >= 4 is 40.4 Å². The van der Waals surface area contributed by atoms with Crippen LogP contribution in [0.5, 0.6) is 5.75 Å². The first-order chi connectivity index (χ1) is 19.6. The third kappa shape index (κ3) is 17.0. The summed E-state index contributed by atoms with van der Waals surface area (Å²) in [6.45, 7) is 17.1. The van der Waals surface area contributed by atoms with Gasteiger partial charge in [-0.25, -0.2) is 9.97 Å². The van der Waals surface area contributed by atoms with Gasteiger partial charge in [0, 0.05) is 25.0 Å². The lowest BCUT2D eigenvalue weighted by molar-refractivity contribution is -0.115. The van der Waals surface area contributed by atoms with E-state index >= 15 is 0 Å². The Morgan fingerprint density at radius 3 is 2.22 bits per heavy atom. The molecule has 0 aliphatic carbocycles. The molecule has 3 aromatic rings. The van der Waals surface area contributed by atoms with Crippen molar-refractivity contribution in [2.45, 2.75) is 90.0 Å². The van der Waals surface area contributed by atoms with Crippen molar-refractivity contribution in [2.75, 3.05) is 26.1 Å². The predicted molar refractivity (Wildman–Crippen MR) is 171 cm³/mol. The van der Waals surface area contributed by atoms with Gasteiger partial charge in [0.15, 0.2) is 5.13 Å². The Hall–Kier alpha value is -2.69. The molecule has 0 bridgehead atoms. The summed E-state index contributed by atoms with van der Waals surface area (Å²) >= 11 is 3.03. The number of ether oxygens (including phenoxy) is 2.